The number of hydrogen-bond donors (Lipinski definition) is 1. The van der Waals surface area contributed by atoms with Crippen LogP contribution < -0.4 is 0 Å². The summed E-state index contributed by atoms with van der Waals surface area (Å²) < 4.78 is 38.0. The number of aliphatic imine (C=N–C) groups is 1. The van der Waals surface area contributed by atoms with Gasteiger partial charge in [-0.2, -0.15) is 13.2 Å². The van der Waals surface area contributed by atoms with Crippen LogP contribution in [0.3, 0.4) is 0 Å². The third-order valence-corrected chi connectivity index (χ3v) is 4.62. The van der Waals surface area contributed by atoms with Gasteiger partial charge in [0.1, 0.15) is 5.76 Å². The number of allylic oxidation sites excluding steroid dienone is 2. The number of halogens is 3. The van der Waals surface area contributed by atoms with Gasteiger partial charge in [-0.15, -0.1) is 0 Å². The van der Waals surface area contributed by atoms with Gasteiger partial charge in [0.15, 0.2) is 5.78 Å². The number of Topliss-reactive ketones (excluding diaryl/α,β-unsaturated/α-hetero) is 1. The Labute approximate surface area is 139 Å². The standard InChI is InChI=1S/C16H24F3N3O2/c1-2-21-5-7-22(8-6-21)4-3-20-11-13-14(23)9-12(10-15(13)24)16(17,18)19/h11-12,23H,2-10H2,1H3. The van der Waals surface area contributed by atoms with Crippen molar-refractivity contribution in [2.45, 2.75) is 25.9 Å². The number of carbonyl (C=O) groups is 1. The fraction of sp³-hybridized carbons (Fsp3) is 0.750. The number of piperazine rings is 1. The fourth-order valence-corrected chi connectivity index (χ4v) is 2.97. The van der Waals surface area contributed by atoms with Crippen LogP contribution in [0, 0.1) is 5.92 Å². The van der Waals surface area contributed by atoms with E-state index in [1.54, 1.807) is 0 Å². The lowest BCUT2D eigenvalue weighted by Gasteiger charge is -2.33. The first kappa shape index (κ1) is 18.9. The molecule has 1 aliphatic carbocycles. The Kier molecular flexibility index (Phi) is 6.40. The Morgan fingerprint density at radius 3 is 2.38 bits per heavy atom. The number of carbonyl (C=O) groups excluding carboxylic acids is 1. The minimum atomic E-state index is -4.47. The second-order valence-electron chi connectivity index (χ2n) is 6.24. The van der Waals surface area contributed by atoms with Crippen molar-refractivity contribution >= 4 is 12.0 Å². The fourth-order valence-electron chi connectivity index (χ4n) is 2.97. The van der Waals surface area contributed by atoms with Gasteiger partial charge in [-0.25, -0.2) is 0 Å². The van der Waals surface area contributed by atoms with Crippen molar-refractivity contribution in [3.8, 4) is 0 Å². The van der Waals surface area contributed by atoms with E-state index in [1.807, 2.05) is 0 Å². The molecule has 0 radical (unpaired) electrons. The highest BCUT2D eigenvalue weighted by atomic mass is 19.4. The SMILES string of the molecule is CCN1CCN(CCN=CC2=C(O)CC(C(F)(F)F)CC2=O)CC1. The zero-order chi connectivity index (χ0) is 17.7. The molecule has 24 heavy (non-hydrogen) atoms. The predicted octanol–water partition coefficient (Wildman–Crippen LogP) is 2.05. The summed E-state index contributed by atoms with van der Waals surface area (Å²) in [7, 11) is 0. The van der Waals surface area contributed by atoms with Crippen LogP contribution >= 0.6 is 0 Å². The van der Waals surface area contributed by atoms with E-state index >= 15 is 0 Å². The average molecular weight is 347 g/mol. The van der Waals surface area contributed by atoms with E-state index in [1.165, 1.54) is 6.21 Å². The van der Waals surface area contributed by atoms with Crippen molar-refractivity contribution in [3.63, 3.8) is 0 Å². The molecular formula is C16H24F3N3O2. The zero-order valence-corrected chi connectivity index (χ0v) is 13.8. The number of nitrogens with zero attached hydrogens (tertiary/aromatic N) is 3. The zero-order valence-electron chi connectivity index (χ0n) is 13.8. The second-order valence-corrected chi connectivity index (χ2v) is 6.24. The normalized spacial score (nSPS) is 25.0. The largest absolute Gasteiger partial charge is 0.511 e. The molecule has 5 nitrogen and oxygen atoms in total. The molecule has 1 heterocycles. The third kappa shape index (κ3) is 5.04. The van der Waals surface area contributed by atoms with Crippen LogP contribution in [0.2, 0.25) is 0 Å². The van der Waals surface area contributed by atoms with Crippen LogP contribution in [0.15, 0.2) is 16.3 Å². The minimum Gasteiger partial charge on any atom is -0.511 e. The maximum absolute atomic E-state index is 12.7. The monoisotopic (exact) mass is 347 g/mol. The summed E-state index contributed by atoms with van der Waals surface area (Å²) in [5.74, 6) is -2.99. The lowest BCUT2D eigenvalue weighted by atomic mass is 9.87. The molecule has 1 aliphatic heterocycles. The molecule has 1 saturated heterocycles. The van der Waals surface area contributed by atoms with Gasteiger partial charge in [-0.3, -0.25) is 14.7 Å². The Balaban J connectivity index is 1.82. The molecular weight excluding hydrogens is 323 g/mol. The van der Waals surface area contributed by atoms with Gasteiger partial charge in [0.05, 0.1) is 18.0 Å². The van der Waals surface area contributed by atoms with Crippen LogP contribution in [0.5, 0.6) is 0 Å². The van der Waals surface area contributed by atoms with Crippen molar-refractivity contribution in [3.05, 3.63) is 11.3 Å². The molecule has 0 bridgehead atoms. The molecule has 8 heteroatoms. The van der Waals surface area contributed by atoms with Gasteiger partial charge in [0.25, 0.3) is 0 Å². The smallest absolute Gasteiger partial charge is 0.392 e. The van der Waals surface area contributed by atoms with Gasteiger partial charge < -0.3 is 10.0 Å². The Bertz CT molecular complexity index is 509. The molecule has 1 atom stereocenters. The van der Waals surface area contributed by atoms with E-state index in [4.69, 9.17) is 0 Å². The van der Waals surface area contributed by atoms with Crippen molar-refractivity contribution in [2.75, 3.05) is 45.8 Å². The highest BCUT2D eigenvalue weighted by molar-refractivity contribution is 6.14. The molecule has 2 aliphatic rings. The maximum atomic E-state index is 12.7. The first-order valence-electron chi connectivity index (χ1n) is 8.27. The summed E-state index contributed by atoms with van der Waals surface area (Å²) in [6, 6.07) is 0. The topological polar surface area (TPSA) is 56.1 Å². The van der Waals surface area contributed by atoms with Crippen molar-refractivity contribution in [1.82, 2.24) is 9.80 Å². The van der Waals surface area contributed by atoms with E-state index in [2.05, 4.69) is 21.7 Å². The molecule has 1 N–H and O–H groups in total. The minimum absolute atomic E-state index is 0.0775. The predicted molar refractivity (Wildman–Crippen MR) is 85.4 cm³/mol. The molecule has 2 rings (SSSR count). The third-order valence-electron chi connectivity index (χ3n) is 4.62. The molecule has 0 spiro atoms. The number of likely N-dealkylation sites (N-methyl/N-ethyl adjacent to an activating group) is 1. The number of aliphatic hydroxyl groups is 1. The van der Waals surface area contributed by atoms with Gasteiger partial charge in [0.2, 0.25) is 0 Å². The molecule has 1 unspecified atom stereocenters. The summed E-state index contributed by atoms with van der Waals surface area (Å²) in [6.45, 7) is 8.32. The highest BCUT2D eigenvalue weighted by Gasteiger charge is 2.44. The van der Waals surface area contributed by atoms with Gasteiger partial charge in [-0.1, -0.05) is 6.92 Å². The van der Waals surface area contributed by atoms with E-state index in [0.717, 1.165) is 39.3 Å². The molecule has 0 aromatic rings. The van der Waals surface area contributed by atoms with Crippen LogP contribution in [0.1, 0.15) is 19.8 Å². The molecule has 1 fully saturated rings. The van der Waals surface area contributed by atoms with Crippen LogP contribution in [0.25, 0.3) is 0 Å². The quantitative estimate of drug-likeness (QED) is 0.774. The van der Waals surface area contributed by atoms with Gasteiger partial charge in [-0.05, 0) is 6.54 Å². The van der Waals surface area contributed by atoms with E-state index in [9.17, 15) is 23.1 Å². The second kappa shape index (κ2) is 8.11. The first-order valence-corrected chi connectivity index (χ1v) is 8.27. The molecule has 0 amide bonds. The molecule has 0 aromatic heterocycles. The highest BCUT2D eigenvalue weighted by Crippen LogP contribution is 2.37. The molecule has 0 saturated carbocycles. The van der Waals surface area contributed by atoms with E-state index in [0.29, 0.717) is 6.54 Å². The molecule has 136 valence electrons. The summed E-state index contributed by atoms with van der Waals surface area (Å²) in [6.07, 6.45) is -4.40. The van der Waals surface area contributed by atoms with E-state index < -0.39 is 36.5 Å². The Morgan fingerprint density at radius 2 is 1.83 bits per heavy atom. The first-order chi connectivity index (χ1) is 11.3. The lowest BCUT2D eigenvalue weighted by Crippen LogP contribution is -2.46. The number of rotatable bonds is 5. The number of ketones is 1. The molecule has 0 aromatic carbocycles. The van der Waals surface area contributed by atoms with Crippen LogP contribution in [-0.2, 0) is 4.79 Å². The Hall–Kier alpha value is -1.41. The maximum Gasteiger partial charge on any atom is 0.392 e. The number of aliphatic hydroxyl groups excluding tert-OH is 1. The summed E-state index contributed by atoms with van der Waals surface area (Å²) in [5.41, 5.74) is -0.0775. The van der Waals surface area contributed by atoms with Crippen molar-refractivity contribution in [2.24, 2.45) is 10.9 Å². The number of alkyl halides is 3. The van der Waals surface area contributed by atoms with Gasteiger partial charge in [0, 0.05) is 51.8 Å². The lowest BCUT2D eigenvalue weighted by molar-refractivity contribution is -0.180. The summed E-state index contributed by atoms with van der Waals surface area (Å²) in [4.78, 5) is 20.5. The van der Waals surface area contributed by atoms with Gasteiger partial charge >= 0.3 is 6.18 Å². The summed E-state index contributed by atoms with van der Waals surface area (Å²) in [5, 5.41) is 9.73. The van der Waals surface area contributed by atoms with Crippen molar-refractivity contribution < 1.29 is 23.1 Å². The van der Waals surface area contributed by atoms with E-state index in [-0.39, 0.29) is 5.57 Å². The average Bonchev–Trinajstić information content (AvgIpc) is 2.53. The van der Waals surface area contributed by atoms with Crippen LogP contribution in [0.4, 0.5) is 13.2 Å². The number of hydrogen-bond acceptors (Lipinski definition) is 5. The van der Waals surface area contributed by atoms with Crippen LogP contribution in [-0.4, -0.2) is 78.9 Å². The van der Waals surface area contributed by atoms with Crippen molar-refractivity contribution in [1.29, 1.82) is 0 Å². The summed E-state index contributed by atoms with van der Waals surface area (Å²) >= 11 is 0. The Morgan fingerprint density at radius 1 is 1.21 bits per heavy atom.